The van der Waals surface area contributed by atoms with E-state index in [1.54, 1.807) is 27.7 Å². The average Bonchev–Trinajstić information content (AvgIpc) is 2.57. The molecule has 0 aromatic heterocycles. The summed E-state index contributed by atoms with van der Waals surface area (Å²) in [5.41, 5.74) is -2.03. The number of hydrogen-bond donors (Lipinski definition) is 0. The van der Waals surface area contributed by atoms with Crippen LogP contribution >= 0.6 is 0 Å². The first-order valence-corrected chi connectivity index (χ1v) is 7.03. The molecule has 1 aromatic rings. The van der Waals surface area contributed by atoms with Crippen molar-refractivity contribution < 1.29 is 22.9 Å². The lowest BCUT2D eigenvalue weighted by atomic mass is 9.77. The Kier molecular flexibility index (Phi) is 4.08. The second kappa shape index (κ2) is 5.31. The Morgan fingerprint density at radius 1 is 1.09 bits per heavy atom. The van der Waals surface area contributed by atoms with Crippen LogP contribution in [-0.2, 0) is 9.31 Å². The lowest BCUT2D eigenvalue weighted by molar-refractivity contribution is 0.00578. The molecule has 0 radical (unpaired) electrons. The van der Waals surface area contributed by atoms with Crippen LogP contribution in [0.5, 0.6) is 0 Å². The highest BCUT2D eigenvalue weighted by molar-refractivity contribution is 6.62. The molecule has 1 saturated heterocycles. The van der Waals surface area contributed by atoms with Crippen molar-refractivity contribution in [1.82, 2.24) is 4.90 Å². The summed E-state index contributed by atoms with van der Waals surface area (Å²) in [6.07, 6.45) is 0. The highest BCUT2D eigenvalue weighted by Gasteiger charge is 2.53. The van der Waals surface area contributed by atoms with Gasteiger partial charge in [-0.05, 0) is 39.8 Å². The van der Waals surface area contributed by atoms with Gasteiger partial charge in [0, 0.05) is 14.1 Å². The Morgan fingerprint density at radius 2 is 1.59 bits per heavy atom. The number of carbonyl (C=O) groups is 1. The second-order valence-electron chi connectivity index (χ2n) is 6.61. The lowest BCUT2D eigenvalue weighted by Crippen LogP contribution is -2.41. The molecule has 22 heavy (non-hydrogen) atoms. The number of nitrogens with zero attached hydrogens (tertiary/aromatic N) is 1. The van der Waals surface area contributed by atoms with Gasteiger partial charge in [0.1, 0.15) is 11.6 Å². The van der Waals surface area contributed by atoms with E-state index in [0.29, 0.717) is 0 Å². The van der Waals surface area contributed by atoms with Crippen molar-refractivity contribution in [2.45, 2.75) is 38.9 Å². The highest BCUT2D eigenvalue weighted by atomic mass is 19.1. The minimum Gasteiger partial charge on any atom is -0.399 e. The Balaban J connectivity index is 2.49. The molecule has 0 aliphatic carbocycles. The third-order valence-corrected chi connectivity index (χ3v) is 4.25. The average molecular weight is 311 g/mol. The van der Waals surface area contributed by atoms with Crippen LogP contribution in [-0.4, -0.2) is 43.2 Å². The molecule has 1 amide bonds. The number of amides is 1. The Labute approximate surface area is 129 Å². The van der Waals surface area contributed by atoms with E-state index < -0.39 is 35.9 Å². The van der Waals surface area contributed by atoms with Crippen molar-refractivity contribution in [2.24, 2.45) is 0 Å². The SMILES string of the molecule is CN(C)C(=O)c1ccc(F)c(B2OC(C)(C)C(C)(C)O2)c1F. The molecule has 120 valence electrons. The van der Waals surface area contributed by atoms with Gasteiger partial charge in [-0.2, -0.15) is 0 Å². The van der Waals surface area contributed by atoms with Crippen LogP contribution in [0, 0.1) is 11.6 Å². The fraction of sp³-hybridized carbons (Fsp3) is 0.533. The van der Waals surface area contributed by atoms with Gasteiger partial charge >= 0.3 is 7.12 Å². The highest BCUT2D eigenvalue weighted by Crippen LogP contribution is 2.37. The summed E-state index contributed by atoms with van der Waals surface area (Å²) in [4.78, 5) is 13.2. The molecule has 1 heterocycles. The summed E-state index contributed by atoms with van der Waals surface area (Å²) in [6, 6.07) is 2.18. The predicted octanol–water partition coefficient (Wildman–Crippen LogP) is 1.97. The molecular formula is C15H20BF2NO3. The third-order valence-electron chi connectivity index (χ3n) is 4.25. The predicted molar refractivity (Wildman–Crippen MR) is 80.1 cm³/mol. The molecular weight excluding hydrogens is 291 g/mol. The summed E-state index contributed by atoms with van der Waals surface area (Å²) in [5.74, 6) is -2.29. The van der Waals surface area contributed by atoms with Gasteiger partial charge in [0.2, 0.25) is 0 Å². The van der Waals surface area contributed by atoms with E-state index in [2.05, 4.69) is 0 Å². The van der Waals surface area contributed by atoms with Gasteiger partial charge in [-0.15, -0.1) is 0 Å². The van der Waals surface area contributed by atoms with Crippen LogP contribution in [0.1, 0.15) is 38.1 Å². The van der Waals surface area contributed by atoms with Gasteiger partial charge < -0.3 is 14.2 Å². The zero-order valence-corrected chi connectivity index (χ0v) is 13.7. The Hall–Kier alpha value is -1.47. The van der Waals surface area contributed by atoms with Crippen molar-refractivity contribution in [3.8, 4) is 0 Å². The van der Waals surface area contributed by atoms with Crippen molar-refractivity contribution >= 4 is 18.5 Å². The zero-order valence-electron chi connectivity index (χ0n) is 13.7. The molecule has 0 bridgehead atoms. The largest absolute Gasteiger partial charge is 0.500 e. The van der Waals surface area contributed by atoms with Crippen LogP contribution in [0.15, 0.2) is 12.1 Å². The molecule has 0 saturated carbocycles. The van der Waals surface area contributed by atoms with Gasteiger partial charge in [-0.3, -0.25) is 4.79 Å². The quantitative estimate of drug-likeness (QED) is 0.784. The first-order valence-electron chi connectivity index (χ1n) is 7.03. The maximum atomic E-state index is 14.7. The molecule has 1 fully saturated rings. The molecule has 0 N–H and O–H groups in total. The number of benzene rings is 1. The first-order chi connectivity index (χ1) is 9.98. The molecule has 7 heteroatoms. The maximum absolute atomic E-state index is 14.7. The summed E-state index contributed by atoms with van der Waals surface area (Å²) in [7, 11) is 1.80. The van der Waals surface area contributed by atoms with E-state index >= 15 is 0 Å². The van der Waals surface area contributed by atoms with Crippen LogP contribution in [0.25, 0.3) is 0 Å². The molecule has 0 unspecified atom stereocenters. The fourth-order valence-corrected chi connectivity index (χ4v) is 2.15. The van der Waals surface area contributed by atoms with Gasteiger partial charge in [0.15, 0.2) is 0 Å². The van der Waals surface area contributed by atoms with Crippen molar-refractivity contribution in [3.05, 3.63) is 29.3 Å². The van der Waals surface area contributed by atoms with Crippen molar-refractivity contribution in [1.29, 1.82) is 0 Å². The number of carbonyl (C=O) groups excluding carboxylic acids is 1. The van der Waals surface area contributed by atoms with Crippen LogP contribution in [0.3, 0.4) is 0 Å². The number of rotatable bonds is 2. The minimum absolute atomic E-state index is 0.212. The third kappa shape index (κ3) is 2.63. The minimum atomic E-state index is -1.19. The van der Waals surface area contributed by atoms with Gasteiger partial charge in [-0.25, -0.2) is 8.78 Å². The Bertz CT molecular complexity index is 601. The number of hydrogen-bond acceptors (Lipinski definition) is 3. The topological polar surface area (TPSA) is 38.8 Å². The zero-order chi connectivity index (χ0) is 16.9. The van der Waals surface area contributed by atoms with E-state index in [9.17, 15) is 13.6 Å². The molecule has 0 spiro atoms. The standard InChI is InChI=1S/C15H20BF2NO3/c1-14(2)15(3,4)22-16(21-14)11-10(17)8-7-9(12(11)18)13(20)19(5)6/h7-8H,1-6H3. The monoisotopic (exact) mass is 311 g/mol. The summed E-state index contributed by atoms with van der Waals surface area (Å²) >= 11 is 0. The summed E-state index contributed by atoms with van der Waals surface area (Å²) < 4.78 is 40.1. The van der Waals surface area contributed by atoms with Crippen LogP contribution in [0.2, 0.25) is 0 Å². The van der Waals surface area contributed by atoms with E-state index in [4.69, 9.17) is 9.31 Å². The molecule has 4 nitrogen and oxygen atoms in total. The maximum Gasteiger partial charge on any atom is 0.500 e. The smallest absolute Gasteiger partial charge is 0.399 e. The van der Waals surface area contributed by atoms with Crippen LogP contribution in [0.4, 0.5) is 8.78 Å². The number of halogens is 2. The van der Waals surface area contributed by atoms with Gasteiger partial charge in [0.25, 0.3) is 5.91 Å². The van der Waals surface area contributed by atoms with Crippen molar-refractivity contribution in [3.63, 3.8) is 0 Å². The van der Waals surface area contributed by atoms with Crippen molar-refractivity contribution in [2.75, 3.05) is 14.1 Å². The Morgan fingerprint density at radius 3 is 2.05 bits per heavy atom. The lowest BCUT2D eigenvalue weighted by Gasteiger charge is -2.32. The van der Waals surface area contributed by atoms with E-state index in [1.807, 2.05) is 0 Å². The van der Waals surface area contributed by atoms with Crippen LogP contribution < -0.4 is 5.46 Å². The molecule has 0 atom stereocenters. The second-order valence-corrected chi connectivity index (χ2v) is 6.61. The summed E-state index contributed by atoms with van der Waals surface area (Å²) in [6.45, 7) is 7.16. The van der Waals surface area contributed by atoms with E-state index in [1.165, 1.54) is 19.0 Å². The molecule has 1 aliphatic heterocycles. The van der Waals surface area contributed by atoms with Gasteiger partial charge in [0.05, 0.1) is 22.2 Å². The summed E-state index contributed by atoms with van der Waals surface area (Å²) in [5, 5.41) is 0. The molecule has 1 aliphatic rings. The van der Waals surface area contributed by atoms with E-state index in [-0.39, 0.29) is 11.0 Å². The molecule has 1 aromatic carbocycles. The normalized spacial score (nSPS) is 19.4. The van der Waals surface area contributed by atoms with Gasteiger partial charge in [-0.1, -0.05) is 0 Å². The van der Waals surface area contributed by atoms with E-state index in [0.717, 1.165) is 12.1 Å². The molecule has 2 rings (SSSR count). The fourth-order valence-electron chi connectivity index (χ4n) is 2.15. The first kappa shape index (κ1) is 16.9.